The Morgan fingerprint density at radius 3 is 2.61 bits per heavy atom. The Labute approximate surface area is 178 Å². The summed E-state index contributed by atoms with van der Waals surface area (Å²) in [7, 11) is -3.39. The minimum atomic E-state index is -3.39. The fourth-order valence-electron chi connectivity index (χ4n) is 3.94. The van der Waals surface area contributed by atoms with Crippen molar-refractivity contribution >= 4 is 32.3 Å². The molecule has 1 unspecified atom stereocenters. The normalized spacial score (nSPS) is 16.8. The van der Waals surface area contributed by atoms with Gasteiger partial charge in [-0.05, 0) is 37.1 Å². The summed E-state index contributed by atoms with van der Waals surface area (Å²) in [6, 6.07) is 11.5. The van der Waals surface area contributed by atoms with E-state index in [1.165, 1.54) is 6.07 Å². The van der Waals surface area contributed by atoms with Crippen molar-refractivity contribution in [1.82, 2.24) is 4.57 Å². The Kier molecular flexibility index (Phi) is 5.76. The Morgan fingerprint density at radius 2 is 2.00 bits per heavy atom. The number of anilines is 2. The Balaban J connectivity index is 1.81. The SMILES string of the molecule is CS(=O)(=O)Nc1ccc(-c2c(N)c3ccc(OC(F)F)cc3n2CC2CCCO2)cc1. The molecule has 1 atom stereocenters. The van der Waals surface area contributed by atoms with Gasteiger partial charge in [-0.25, -0.2) is 8.42 Å². The van der Waals surface area contributed by atoms with Crippen LogP contribution in [0.15, 0.2) is 42.5 Å². The van der Waals surface area contributed by atoms with Gasteiger partial charge in [0.1, 0.15) is 5.75 Å². The minimum absolute atomic E-state index is 0.0143. The van der Waals surface area contributed by atoms with Gasteiger partial charge in [-0.1, -0.05) is 12.1 Å². The topological polar surface area (TPSA) is 95.6 Å². The van der Waals surface area contributed by atoms with E-state index < -0.39 is 16.6 Å². The van der Waals surface area contributed by atoms with Crippen LogP contribution in [0, 0.1) is 0 Å². The molecule has 2 heterocycles. The number of rotatable bonds is 7. The molecule has 3 N–H and O–H groups in total. The quantitative estimate of drug-likeness (QED) is 0.565. The van der Waals surface area contributed by atoms with E-state index in [1.807, 2.05) is 4.57 Å². The number of halogens is 2. The maximum Gasteiger partial charge on any atom is 0.387 e. The molecule has 3 aromatic rings. The summed E-state index contributed by atoms with van der Waals surface area (Å²) >= 11 is 0. The van der Waals surface area contributed by atoms with E-state index in [0.29, 0.717) is 41.1 Å². The molecule has 7 nitrogen and oxygen atoms in total. The van der Waals surface area contributed by atoms with E-state index in [1.54, 1.807) is 36.4 Å². The number of alkyl halides is 2. The molecular formula is C21H23F2N3O4S. The number of hydrogen-bond donors (Lipinski definition) is 2. The summed E-state index contributed by atoms with van der Waals surface area (Å²) in [5.41, 5.74) is 9.55. The predicted molar refractivity (Wildman–Crippen MR) is 116 cm³/mol. The Bertz CT molecular complexity index is 1190. The molecule has 166 valence electrons. The second-order valence-electron chi connectivity index (χ2n) is 7.52. The first kappa shape index (κ1) is 21.4. The third-order valence-electron chi connectivity index (χ3n) is 5.17. The maximum absolute atomic E-state index is 12.7. The smallest absolute Gasteiger partial charge is 0.387 e. The monoisotopic (exact) mass is 451 g/mol. The highest BCUT2D eigenvalue weighted by Gasteiger charge is 2.23. The first-order valence-electron chi connectivity index (χ1n) is 9.77. The van der Waals surface area contributed by atoms with Gasteiger partial charge >= 0.3 is 6.61 Å². The lowest BCUT2D eigenvalue weighted by atomic mass is 10.1. The fraction of sp³-hybridized carbons (Fsp3) is 0.333. The molecule has 2 aromatic carbocycles. The van der Waals surface area contributed by atoms with Crippen molar-refractivity contribution in [3.63, 3.8) is 0 Å². The lowest BCUT2D eigenvalue weighted by Gasteiger charge is -2.16. The van der Waals surface area contributed by atoms with Crippen LogP contribution in [0.3, 0.4) is 0 Å². The number of fused-ring (bicyclic) bond motifs is 1. The number of nitrogens with two attached hydrogens (primary N) is 1. The van der Waals surface area contributed by atoms with Crippen LogP contribution in [0.5, 0.6) is 5.75 Å². The van der Waals surface area contributed by atoms with Crippen LogP contribution < -0.4 is 15.2 Å². The molecule has 0 aliphatic carbocycles. The molecular weight excluding hydrogens is 428 g/mol. The third-order valence-corrected chi connectivity index (χ3v) is 5.78. The van der Waals surface area contributed by atoms with Crippen LogP contribution >= 0.6 is 0 Å². The lowest BCUT2D eigenvalue weighted by Crippen LogP contribution is -2.16. The van der Waals surface area contributed by atoms with Gasteiger partial charge in [-0.2, -0.15) is 8.78 Å². The van der Waals surface area contributed by atoms with Crippen molar-refractivity contribution < 1.29 is 26.7 Å². The zero-order chi connectivity index (χ0) is 22.2. The summed E-state index contributed by atoms with van der Waals surface area (Å²) in [6.45, 7) is -1.74. The van der Waals surface area contributed by atoms with Crippen LogP contribution in [0.25, 0.3) is 22.2 Å². The van der Waals surface area contributed by atoms with Crippen LogP contribution in [0.2, 0.25) is 0 Å². The van der Waals surface area contributed by atoms with Crippen molar-refractivity contribution in [3.8, 4) is 17.0 Å². The fourth-order valence-corrected chi connectivity index (χ4v) is 4.50. The van der Waals surface area contributed by atoms with E-state index in [-0.39, 0.29) is 11.9 Å². The Morgan fingerprint density at radius 1 is 1.26 bits per heavy atom. The zero-order valence-electron chi connectivity index (χ0n) is 16.8. The van der Waals surface area contributed by atoms with Gasteiger partial charge in [0.2, 0.25) is 10.0 Å². The van der Waals surface area contributed by atoms with Gasteiger partial charge in [0.15, 0.2) is 0 Å². The number of nitrogens with zero attached hydrogens (tertiary/aromatic N) is 1. The number of nitrogens with one attached hydrogen (secondary N) is 1. The minimum Gasteiger partial charge on any atom is -0.435 e. The molecule has 1 saturated heterocycles. The molecule has 0 amide bonds. The van der Waals surface area contributed by atoms with Gasteiger partial charge in [0.25, 0.3) is 0 Å². The number of aromatic nitrogens is 1. The van der Waals surface area contributed by atoms with Crippen molar-refractivity contribution in [3.05, 3.63) is 42.5 Å². The number of ether oxygens (including phenoxy) is 2. The van der Waals surface area contributed by atoms with Gasteiger partial charge < -0.3 is 19.8 Å². The first-order chi connectivity index (χ1) is 14.7. The van der Waals surface area contributed by atoms with Crippen LogP contribution in [-0.2, 0) is 21.3 Å². The van der Waals surface area contributed by atoms with Crippen molar-refractivity contribution in [2.24, 2.45) is 0 Å². The van der Waals surface area contributed by atoms with Crippen molar-refractivity contribution in [2.45, 2.75) is 32.1 Å². The summed E-state index contributed by atoms with van der Waals surface area (Å²) in [4.78, 5) is 0. The largest absolute Gasteiger partial charge is 0.435 e. The average Bonchev–Trinajstić information content (AvgIpc) is 3.28. The number of nitrogen functional groups attached to an aromatic ring is 1. The first-order valence-corrected chi connectivity index (χ1v) is 11.7. The van der Waals surface area contributed by atoms with E-state index in [2.05, 4.69) is 9.46 Å². The molecule has 0 radical (unpaired) electrons. The highest BCUT2D eigenvalue weighted by molar-refractivity contribution is 7.92. The molecule has 1 aromatic heterocycles. The number of benzene rings is 2. The van der Waals surface area contributed by atoms with E-state index >= 15 is 0 Å². The van der Waals surface area contributed by atoms with Crippen LogP contribution in [-0.4, -0.2) is 38.6 Å². The molecule has 0 spiro atoms. The molecule has 0 bridgehead atoms. The van der Waals surface area contributed by atoms with Gasteiger partial charge in [0, 0.05) is 35.9 Å². The summed E-state index contributed by atoms with van der Waals surface area (Å²) in [5, 5.41) is 0.716. The van der Waals surface area contributed by atoms with Gasteiger partial charge in [-0.3, -0.25) is 4.72 Å². The van der Waals surface area contributed by atoms with Crippen LogP contribution in [0.4, 0.5) is 20.2 Å². The predicted octanol–water partition coefficient (Wildman–Crippen LogP) is 4.04. The molecule has 10 heteroatoms. The zero-order valence-corrected chi connectivity index (χ0v) is 17.7. The van der Waals surface area contributed by atoms with Crippen molar-refractivity contribution in [2.75, 3.05) is 23.3 Å². The van der Waals surface area contributed by atoms with E-state index in [0.717, 1.165) is 24.7 Å². The maximum atomic E-state index is 12.7. The molecule has 4 rings (SSSR count). The third kappa shape index (κ3) is 4.75. The second-order valence-corrected chi connectivity index (χ2v) is 9.27. The van der Waals surface area contributed by atoms with Crippen LogP contribution in [0.1, 0.15) is 12.8 Å². The molecule has 31 heavy (non-hydrogen) atoms. The van der Waals surface area contributed by atoms with Gasteiger partial charge in [-0.15, -0.1) is 0 Å². The molecule has 0 saturated carbocycles. The average molecular weight is 451 g/mol. The highest BCUT2D eigenvalue weighted by atomic mass is 32.2. The van der Waals surface area contributed by atoms with Gasteiger partial charge in [0.05, 0.1) is 29.3 Å². The molecule has 1 aliphatic rings. The molecule has 1 aliphatic heterocycles. The number of hydrogen-bond acceptors (Lipinski definition) is 5. The highest BCUT2D eigenvalue weighted by Crippen LogP contribution is 2.39. The molecule has 1 fully saturated rings. The van der Waals surface area contributed by atoms with E-state index in [9.17, 15) is 17.2 Å². The summed E-state index contributed by atoms with van der Waals surface area (Å²) in [5.74, 6) is 0.0489. The lowest BCUT2D eigenvalue weighted by molar-refractivity contribution is -0.0497. The second kappa shape index (κ2) is 8.35. The Hall–Kier alpha value is -2.85. The van der Waals surface area contributed by atoms with Crippen molar-refractivity contribution in [1.29, 1.82) is 0 Å². The summed E-state index contributed by atoms with van der Waals surface area (Å²) < 4.78 is 63.1. The standard InChI is InChI=1S/C21H23F2N3O4S/c1-31(27,28)25-14-6-4-13(5-7-14)20-19(24)17-9-8-15(30-21(22)23)11-18(17)26(20)12-16-3-2-10-29-16/h4-9,11,16,21,25H,2-3,10,12,24H2,1H3. The van der Waals surface area contributed by atoms with E-state index in [4.69, 9.17) is 10.5 Å². The number of sulfonamides is 1. The summed E-state index contributed by atoms with van der Waals surface area (Å²) in [6.07, 6.45) is 2.92.